The van der Waals surface area contributed by atoms with E-state index in [4.69, 9.17) is 11.6 Å². The van der Waals surface area contributed by atoms with Crippen LogP contribution >= 0.6 is 22.9 Å². The quantitative estimate of drug-likeness (QED) is 0.904. The van der Waals surface area contributed by atoms with E-state index in [1.807, 2.05) is 22.2 Å². The van der Waals surface area contributed by atoms with Gasteiger partial charge >= 0.3 is 0 Å². The van der Waals surface area contributed by atoms with Crippen LogP contribution in [0.5, 0.6) is 0 Å². The van der Waals surface area contributed by atoms with E-state index in [-0.39, 0.29) is 0 Å². The summed E-state index contributed by atoms with van der Waals surface area (Å²) in [4.78, 5) is 2.72. The molecule has 2 aromatic heterocycles. The predicted octanol–water partition coefficient (Wildman–Crippen LogP) is 3.06. The zero-order valence-electron chi connectivity index (χ0n) is 10.0. The molecule has 0 bridgehead atoms. The highest BCUT2D eigenvalue weighted by atomic mass is 35.5. The lowest BCUT2D eigenvalue weighted by molar-refractivity contribution is 0.684. The van der Waals surface area contributed by atoms with Crippen molar-refractivity contribution in [1.29, 1.82) is 0 Å². The number of aryl methyl sites for hydroxylation is 1. The van der Waals surface area contributed by atoms with E-state index in [2.05, 4.69) is 30.3 Å². The van der Waals surface area contributed by atoms with Gasteiger partial charge in [-0.3, -0.25) is 4.68 Å². The lowest BCUT2D eigenvalue weighted by Gasteiger charge is -1.99. The minimum absolute atomic E-state index is 0.686. The first-order valence-corrected chi connectivity index (χ1v) is 6.85. The first-order valence-electron chi connectivity index (χ1n) is 5.66. The Bertz CT molecular complexity index is 490. The Kier molecular flexibility index (Phi) is 4.20. The van der Waals surface area contributed by atoms with Crippen LogP contribution in [0.1, 0.15) is 22.2 Å². The van der Waals surface area contributed by atoms with Gasteiger partial charge in [0.1, 0.15) is 0 Å². The number of halogens is 1. The summed E-state index contributed by atoms with van der Waals surface area (Å²) in [6.45, 7) is 7.01. The van der Waals surface area contributed by atoms with Gasteiger partial charge in [-0.1, -0.05) is 18.5 Å². The van der Waals surface area contributed by atoms with Crippen molar-refractivity contribution >= 4 is 22.9 Å². The number of hydrogen-bond donors (Lipinski definition) is 1. The van der Waals surface area contributed by atoms with E-state index in [1.165, 1.54) is 15.3 Å². The molecule has 0 aliphatic heterocycles. The van der Waals surface area contributed by atoms with Gasteiger partial charge in [-0.2, -0.15) is 5.10 Å². The van der Waals surface area contributed by atoms with Gasteiger partial charge in [-0.05, 0) is 25.1 Å². The lowest BCUT2D eigenvalue weighted by Crippen LogP contribution is -2.10. The van der Waals surface area contributed by atoms with E-state index in [1.54, 1.807) is 6.20 Å². The van der Waals surface area contributed by atoms with Crippen LogP contribution in [-0.2, 0) is 13.1 Å². The van der Waals surface area contributed by atoms with Gasteiger partial charge in [-0.15, -0.1) is 11.3 Å². The summed E-state index contributed by atoms with van der Waals surface area (Å²) in [6, 6.07) is 2.25. The minimum atomic E-state index is 0.686. The maximum absolute atomic E-state index is 5.85. The molecule has 2 aromatic rings. The molecular formula is C12H16ClN3S. The Labute approximate surface area is 110 Å². The first-order chi connectivity index (χ1) is 8.19. The van der Waals surface area contributed by atoms with Crippen molar-refractivity contribution in [2.24, 2.45) is 0 Å². The fourth-order valence-corrected chi connectivity index (χ4v) is 2.86. The fraction of sp³-hybridized carbons (Fsp3) is 0.417. The molecular weight excluding hydrogens is 254 g/mol. The lowest BCUT2D eigenvalue weighted by atomic mass is 10.2. The summed E-state index contributed by atoms with van der Waals surface area (Å²) in [5.74, 6) is 0. The van der Waals surface area contributed by atoms with Crippen LogP contribution in [0.15, 0.2) is 18.5 Å². The summed E-state index contributed by atoms with van der Waals surface area (Å²) >= 11 is 7.69. The first kappa shape index (κ1) is 12.6. The Hall–Kier alpha value is -0.840. The summed E-state index contributed by atoms with van der Waals surface area (Å²) in [7, 11) is 0. The van der Waals surface area contributed by atoms with Crippen LogP contribution in [0.2, 0.25) is 5.02 Å². The molecule has 2 heterocycles. The van der Waals surface area contributed by atoms with Crippen molar-refractivity contribution in [3.63, 3.8) is 0 Å². The van der Waals surface area contributed by atoms with Gasteiger partial charge in [0.15, 0.2) is 0 Å². The summed E-state index contributed by atoms with van der Waals surface area (Å²) < 4.78 is 1.87. The third-order valence-corrected chi connectivity index (χ3v) is 3.84. The molecule has 0 aromatic carbocycles. The van der Waals surface area contributed by atoms with Gasteiger partial charge in [0.05, 0.1) is 17.8 Å². The number of rotatable bonds is 5. The highest BCUT2D eigenvalue weighted by Crippen LogP contribution is 2.22. The molecule has 0 atom stereocenters. The Morgan fingerprint density at radius 2 is 2.35 bits per heavy atom. The Morgan fingerprint density at radius 3 is 3.00 bits per heavy atom. The molecule has 17 heavy (non-hydrogen) atoms. The number of nitrogens with zero attached hydrogens (tertiary/aromatic N) is 2. The Balaban J connectivity index is 2.07. The molecule has 0 saturated heterocycles. The van der Waals surface area contributed by atoms with Gasteiger partial charge in [0, 0.05) is 22.5 Å². The monoisotopic (exact) mass is 269 g/mol. The second-order valence-electron chi connectivity index (χ2n) is 3.93. The maximum atomic E-state index is 5.85. The van der Waals surface area contributed by atoms with Gasteiger partial charge < -0.3 is 5.32 Å². The molecule has 0 amide bonds. The maximum Gasteiger partial charge on any atom is 0.0785 e. The number of thiophene rings is 1. The van der Waals surface area contributed by atoms with Gasteiger partial charge in [0.2, 0.25) is 0 Å². The minimum Gasteiger partial charge on any atom is -0.312 e. The van der Waals surface area contributed by atoms with Crippen molar-refractivity contribution < 1.29 is 0 Å². The van der Waals surface area contributed by atoms with Crippen molar-refractivity contribution in [2.45, 2.75) is 26.9 Å². The van der Waals surface area contributed by atoms with E-state index in [9.17, 15) is 0 Å². The zero-order chi connectivity index (χ0) is 12.3. The van der Waals surface area contributed by atoms with E-state index in [0.29, 0.717) is 5.02 Å². The van der Waals surface area contributed by atoms with E-state index in [0.717, 1.165) is 19.6 Å². The number of hydrogen-bond acceptors (Lipinski definition) is 3. The normalized spacial score (nSPS) is 11.0. The molecule has 5 heteroatoms. The van der Waals surface area contributed by atoms with Crippen LogP contribution < -0.4 is 5.32 Å². The van der Waals surface area contributed by atoms with E-state index < -0.39 is 0 Å². The summed E-state index contributed by atoms with van der Waals surface area (Å²) in [5.41, 5.74) is 1.32. The molecule has 1 N–H and O–H groups in total. The smallest absolute Gasteiger partial charge is 0.0785 e. The molecule has 0 saturated carbocycles. The third kappa shape index (κ3) is 3.31. The topological polar surface area (TPSA) is 29.9 Å². The molecule has 2 rings (SSSR count). The van der Waals surface area contributed by atoms with Crippen LogP contribution in [0, 0.1) is 6.92 Å². The second-order valence-corrected chi connectivity index (χ2v) is 5.71. The molecule has 92 valence electrons. The second kappa shape index (κ2) is 5.67. The van der Waals surface area contributed by atoms with Crippen LogP contribution in [0.25, 0.3) is 0 Å². The zero-order valence-corrected chi connectivity index (χ0v) is 11.6. The highest BCUT2D eigenvalue weighted by molar-refractivity contribution is 7.12. The van der Waals surface area contributed by atoms with Gasteiger partial charge in [0.25, 0.3) is 0 Å². The molecule has 0 fully saturated rings. The Morgan fingerprint density at radius 1 is 1.53 bits per heavy atom. The summed E-state index contributed by atoms with van der Waals surface area (Å²) in [5, 5.41) is 8.22. The molecule has 0 aliphatic carbocycles. The number of nitrogens with one attached hydrogen (secondary N) is 1. The van der Waals surface area contributed by atoms with Crippen LogP contribution in [0.3, 0.4) is 0 Å². The SMILES string of the molecule is CCNCc1cc(Cn2cc(Cl)cn2)c(C)s1. The molecule has 0 aliphatic rings. The molecule has 0 radical (unpaired) electrons. The standard InChI is InChI=1S/C12H16ClN3S/c1-3-14-6-12-4-10(9(2)17-12)7-16-8-11(13)5-15-16/h4-5,8,14H,3,6-7H2,1-2H3. The largest absolute Gasteiger partial charge is 0.312 e. The van der Waals surface area contributed by atoms with Crippen LogP contribution in [0.4, 0.5) is 0 Å². The number of aromatic nitrogens is 2. The highest BCUT2D eigenvalue weighted by Gasteiger charge is 2.06. The van der Waals surface area contributed by atoms with Crippen molar-refractivity contribution in [3.05, 3.63) is 38.8 Å². The van der Waals surface area contributed by atoms with Crippen molar-refractivity contribution in [2.75, 3.05) is 6.54 Å². The summed E-state index contributed by atoms with van der Waals surface area (Å²) in [6.07, 6.45) is 3.52. The van der Waals surface area contributed by atoms with E-state index >= 15 is 0 Å². The third-order valence-electron chi connectivity index (χ3n) is 2.55. The molecule has 0 spiro atoms. The molecule has 3 nitrogen and oxygen atoms in total. The van der Waals surface area contributed by atoms with Crippen LogP contribution in [-0.4, -0.2) is 16.3 Å². The molecule has 0 unspecified atom stereocenters. The average molecular weight is 270 g/mol. The fourth-order valence-electron chi connectivity index (χ4n) is 1.68. The van der Waals surface area contributed by atoms with Crippen molar-refractivity contribution in [3.8, 4) is 0 Å². The van der Waals surface area contributed by atoms with Crippen molar-refractivity contribution in [1.82, 2.24) is 15.1 Å². The van der Waals surface area contributed by atoms with Gasteiger partial charge in [-0.25, -0.2) is 0 Å². The predicted molar refractivity (Wildman–Crippen MR) is 72.8 cm³/mol. The average Bonchev–Trinajstić information content (AvgIpc) is 2.84.